The van der Waals surface area contributed by atoms with Crippen molar-refractivity contribution in [2.45, 2.75) is 52.5 Å². The van der Waals surface area contributed by atoms with Crippen molar-refractivity contribution in [2.24, 2.45) is 0 Å². The molecule has 5 nitrogen and oxygen atoms in total. The van der Waals surface area contributed by atoms with Gasteiger partial charge in [0.2, 0.25) is 5.91 Å². The Kier molecular flexibility index (Phi) is 9.13. The number of hydrogen-bond acceptors (Lipinski definition) is 4. The largest absolute Gasteiger partial charge is 0.495 e. The minimum atomic E-state index is -0.121. The van der Waals surface area contributed by atoms with E-state index < -0.39 is 0 Å². The van der Waals surface area contributed by atoms with Gasteiger partial charge in [0, 0.05) is 6.54 Å². The number of ether oxygens (including phenoxy) is 1. The van der Waals surface area contributed by atoms with E-state index in [0.717, 1.165) is 37.3 Å². The standard InChI is InChI=1S/C24H35N3O2/c1-6-27(7-2)15-14-23(22-13-12-21(29-5)17-25-22)26-24(28)16-19-8-10-20(11-9-19)18(3)4/h8-13,17-18,23H,6-7,14-16H2,1-5H3,(H,26,28)/t23-/m1/s1. The molecule has 0 aliphatic heterocycles. The molecule has 1 amide bonds. The first-order chi connectivity index (χ1) is 14.0. The van der Waals surface area contributed by atoms with Gasteiger partial charge in [-0.1, -0.05) is 52.0 Å². The van der Waals surface area contributed by atoms with E-state index >= 15 is 0 Å². The van der Waals surface area contributed by atoms with Crippen molar-refractivity contribution >= 4 is 5.91 Å². The van der Waals surface area contributed by atoms with Crippen molar-refractivity contribution in [3.05, 3.63) is 59.4 Å². The molecular weight excluding hydrogens is 362 g/mol. The summed E-state index contributed by atoms with van der Waals surface area (Å²) in [4.78, 5) is 19.6. The summed E-state index contributed by atoms with van der Waals surface area (Å²) in [6.07, 6.45) is 2.89. The molecule has 1 aromatic carbocycles. The SMILES string of the molecule is CCN(CC)CC[C@@H](NC(=O)Cc1ccc(C(C)C)cc1)c1ccc(OC)cn1. The van der Waals surface area contributed by atoms with Gasteiger partial charge >= 0.3 is 0 Å². The number of carbonyl (C=O) groups excluding carboxylic acids is 1. The summed E-state index contributed by atoms with van der Waals surface area (Å²) in [5.41, 5.74) is 3.17. The van der Waals surface area contributed by atoms with Crippen LogP contribution in [0.3, 0.4) is 0 Å². The molecule has 0 aliphatic carbocycles. The van der Waals surface area contributed by atoms with Gasteiger partial charge in [0.05, 0.1) is 31.5 Å². The highest BCUT2D eigenvalue weighted by Gasteiger charge is 2.17. The number of carbonyl (C=O) groups is 1. The van der Waals surface area contributed by atoms with Crippen LogP contribution in [0.1, 0.15) is 62.9 Å². The molecule has 1 atom stereocenters. The molecule has 0 fully saturated rings. The topological polar surface area (TPSA) is 54.5 Å². The van der Waals surface area contributed by atoms with Crippen LogP contribution in [-0.2, 0) is 11.2 Å². The normalized spacial score (nSPS) is 12.2. The Bertz CT molecular complexity index is 738. The maximum atomic E-state index is 12.7. The molecule has 0 unspecified atom stereocenters. The molecule has 1 heterocycles. The van der Waals surface area contributed by atoms with Gasteiger partial charge in [-0.2, -0.15) is 0 Å². The Labute approximate surface area is 175 Å². The van der Waals surface area contributed by atoms with Crippen LogP contribution in [0.4, 0.5) is 0 Å². The highest BCUT2D eigenvalue weighted by atomic mass is 16.5. The van der Waals surface area contributed by atoms with Crippen LogP contribution in [0.5, 0.6) is 5.75 Å². The number of nitrogens with zero attached hydrogens (tertiary/aromatic N) is 2. The van der Waals surface area contributed by atoms with E-state index in [2.05, 4.69) is 55.0 Å². The number of rotatable bonds is 11. The zero-order chi connectivity index (χ0) is 21.2. The smallest absolute Gasteiger partial charge is 0.224 e. The van der Waals surface area contributed by atoms with Gasteiger partial charge in [0.1, 0.15) is 5.75 Å². The average molecular weight is 398 g/mol. The number of amides is 1. The number of pyridine rings is 1. The minimum absolute atomic E-state index is 0.0180. The summed E-state index contributed by atoms with van der Waals surface area (Å²) in [7, 11) is 1.63. The molecule has 0 bridgehead atoms. The summed E-state index contributed by atoms with van der Waals surface area (Å²) in [5.74, 6) is 1.22. The van der Waals surface area contributed by atoms with E-state index in [0.29, 0.717) is 18.1 Å². The van der Waals surface area contributed by atoms with Gasteiger partial charge in [0.15, 0.2) is 0 Å². The average Bonchev–Trinajstić information content (AvgIpc) is 2.74. The first-order valence-corrected chi connectivity index (χ1v) is 10.6. The lowest BCUT2D eigenvalue weighted by atomic mass is 10.0. The number of aromatic nitrogens is 1. The molecular formula is C24H35N3O2. The lowest BCUT2D eigenvalue weighted by molar-refractivity contribution is -0.121. The third kappa shape index (κ3) is 7.17. The van der Waals surface area contributed by atoms with Crippen LogP contribution in [0.15, 0.2) is 42.6 Å². The van der Waals surface area contributed by atoms with Gasteiger partial charge in [0.25, 0.3) is 0 Å². The van der Waals surface area contributed by atoms with Crippen LogP contribution in [-0.4, -0.2) is 42.5 Å². The predicted molar refractivity (Wildman–Crippen MR) is 118 cm³/mol. The third-order valence-electron chi connectivity index (χ3n) is 5.33. The third-order valence-corrected chi connectivity index (χ3v) is 5.33. The van der Waals surface area contributed by atoms with Crippen molar-refractivity contribution < 1.29 is 9.53 Å². The monoisotopic (exact) mass is 397 g/mol. The van der Waals surface area contributed by atoms with Crippen molar-refractivity contribution in [3.63, 3.8) is 0 Å². The fourth-order valence-electron chi connectivity index (χ4n) is 3.32. The van der Waals surface area contributed by atoms with Crippen LogP contribution >= 0.6 is 0 Å². The Morgan fingerprint density at radius 1 is 1.10 bits per heavy atom. The number of methoxy groups -OCH3 is 1. The molecule has 1 aromatic heterocycles. The van der Waals surface area contributed by atoms with Crippen LogP contribution < -0.4 is 10.1 Å². The fourth-order valence-corrected chi connectivity index (χ4v) is 3.32. The van der Waals surface area contributed by atoms with E-state index in [1.54, 1.807) is 13.3 Å². The van der Waals surface area contributed by atoms with E-state index in [9.17, 15) is 4.79 Å². The Hall–Kier alpha value is -2.40. The molecule has 2 aromatic rings. The second kappa shape index (κ2) is 11.6. The highest BCUT2D eigenvalue weighted by Crippen LogP contribution is 2.19. The lowest BCUT2D eigenvalue weighted by Gasteiger charge is -2.23. The quantitative estimate of drug-likeness (QED) is 0.613. The summed E-state index contributed by atoms with van der Waals surface area (Å²) < 4.78 is 5.21. The summed E-state index contributed by atoms with van der Waals surface area (Å²) in [6, 6.07) is 12.0. The van der Waals surface area contributed by atoms with Crippen molar-refractivity contribution in [3.8, 4) is 5.75 Å². The summed E-state index contributed by atoms with van der Waals surface area (Å²) >= 11 is 0. The molecule has 1 N–H and O–H groups in total. The molecule has 2 rings (SSSR count). The van der Waals surface area contributed by atoms with E-state index in [-0.39, 0.29) is 11.9 Å². The summed E-state index contributed by atoms with van der Waals surface area (Å²) in [5, 5.41) is 3.19. The Balaban J connectivity index is 2.07. The molecule has 158 valence electrons. The fraction of sp³-hybridized carbons (Fsp3) is 0.500. The number of nitrogens with one attached hydrogen (secondary N) is 1. The zero-order valence-electron chi connectivity index (χ0n) is 18.4. The Morgan fingerprint density at radius 3 is 2.31 bits per heavy atom. The second-order valence-electron chi connectivity index (χ2n) is 7.63. The van der Waals surface area contributed by atoms with Crippen LogP contribution in [0.2, 0.25) is 0 Å². The van der Waals surface area contributed by atoms with Gasteiger partial charge in [-0.3, -0.25) is 9.78 Å². The van der Waals surface area contributed by atoms with Crippen molar-refractivity contribution in [2.75, 3.05) is 26.7 Å². The van der Waals surface area contributed by atoms with E-state index in [4.69, 9.17) is 4.74 Å². The minimum Gasteiger partial charge on any atom is -0.495 e. The van der Waals surface area contributed by atoms with Crippen LogP contribution in [0.25, 0.3) is 0 Å². The first kappa shape index (κ1) is 22.9. The van der Waals surface area contributed by atoms with Crippen LogP contribution in [0, 0.1) is 0 Å². The van der Waals surface area contributed by atoms with Gasteiger partial charge in [-0.15, -0.1) is 0 Å². The van der Waals surface area contributed by atoms with E-state index in [1.165, 1.54) is 5.56 Å². The van der Waals surface area contributed by atoms with E-state index in [1.807, 2.05) is 24.3 Å². The molecule has 5 heteroatoms. The summed E-state index contributed by atoms with van der Waals surface area (Å²) in [6.45, 7) is 11.6. The first-order valence-electron chi connectivity index (χ1n) is 10.6. The molecule has 0 saturated carbocycles. The highest BCUT2D eigenvalue weighted by molar-refractivity contribution is 5.79. The maximum Gasteiger partial charge on any atom is 0.224 e. The molecule has 0 saturated heterocycles. The molecule has 0 spiro atoms. The zero-order valence-corrected chi connectivity index (χ0v) is 18.4. The maximum absolute atomic E-state index is 12.7. The predicted octanol–water partition coefficient (Wildman–Crippen LogP) is 4.35. The van der Waals surface area contributed by atoms with Gasteiger partial charge in [-0.25, -0.2) is 0 Å². The van der Waals surface area contributed by atoms with Crippen molar-refractivity contribution in [1.29, 1.82) is 0 Å². The lowest BCUT2D eigenvalue weighted by Crippen LogP contribution is -2.34. The molecule has 29 heavy (non-hydrogen) atoms. The Morgan fingerprint density at radius 2 is 1.79 bits per heavy atom. The molecule has 0 aliphatic rings. The second-order valence-corrected chi connectivity index (χ2v) is 7.63. The van der Waals surface area contributed by atoms with Gasteiger partial charge < -0.3 is 15.0 Å². The van der Waals surface area contributed by atoms with Crippen molar-refractivity contribution in [1.82, 2.24) is 15.2 Å². The molecule has 0 radical (unpaired) electrons. The number of benzene rings is 1. The number of hydrogen-bond donors (Lipinski definition) is 1. The van der Waals surface area contributed by atoms with Gasteiger partial charge in [-0.05, 0) is 48.7 Å².